The van der Waals surface area contributed by atoms with Gasteiger partial charge in [0.25, 0.3) is 0 Å². The molecule has 4 nitrogen and oxygen atoms in total. The largest absolute Gasteiger partial charge is 0.381 e. The summed E-state index contributed by atoms with van der Waals surface area (Å²) < 4.78 is 5.40. The fourth-order valence-corrected chi connectivity index (χ4v) is 1.17. The molecule has 0 aliphatic rings. The lowest BCUT2D eigenvalue weighted by molar-refractivity contribution is -0.121. The maximum Gasteiger partial charge on any atom is 0.220 e. The molecule has 0 spiro atoms. The molecule has 1 unspecified atom stereocenters. The monoisotopic (exact) mass is 230 g/mol. The van der Waals surface area contributed by atoms with Gasteiger partial charge in [-0.25, -0.2) is 0 Å². The average molecular weight is 230 g/mol. The molecule has 0 rings (SSSR count). The van der Waals surface area contributed by atoms with Crippen LogP contribution < -0.4 is 11.1 Å². The Labute approximate surface area is 98.9 Å². The molecular weight excluding hydrogens is 204 g/mol. The SMILES string of the molecule is CC(C)COCCCNC(=O)CCC(C)N. The molecule has 1 amide bonds. The number of nitrogens with one attached hydrogen (secondary N) is 1. The highest BCUT2D eigenvalue weighted by Crippen LogP contribution is 1.94. The molecule has 0 aliphatic heterocycles. The molecule has 0 bridgehead atoms. The second-order valence-electron chi connectivity index (χ2n) is 4.69. The van der Waals surface area contributed by atoms with Crippen LogP contribution in [0.25, 0.3) is 0 Å². The predicted octanol–water partition coefficient (Wildman–Crippen LogP) is 1.29. The van der Waals surface area contributed by atoms with E-state index in [-0.39, 0.29) is 11.9 Å². The first-order valence-corrected chi connectivity index (χ1v) is 6.12. The van der Waals surface area contributed by atoms with E-state index in [0.29, 0.717) is 25.5 Å². The van der Waals surface area contributed by atoms with Crippen LogP contribution in [0.5, 0.6) is 0 Å². The Morgan fingerprint density at radius 1 is 1.38 bits per heavy atom. The Morgan fingerprint density at radius 2 is 2.06 bits per heavy atom. The van der Waals surface area contributed by atoms with E-state index in [1.165, 1.54) is 0 Å². The van der Waals surface area contributed by atoms with Crippen molar-refractivity contribution < 1.29 is 9.53 Å². The smallest absolute Gasteiger partial charge is 0.220 e. The minimum atomic E-state index is 0.0844. The number of rotatable bonds is 9. The van der Waals surface area contributed by atoms with E-state index in [1.807, 2.05) is 6.92 Å². The summed E-state index contributed by atoms with van der Waals surface area (Å²) in [5.74, 6) is 0.654. The van der Waals surface area contributed by atoms with Crippen molar-refractivity contribution in [1.82, 2.24) is 5.32 Å². The predicted molar refractivity (Wildman–Crippen MR) is 66.2 cm³/mol. The summed E-state index contributed by atoms with van der Waals surface area (Å²) >= 11 is 0. The first-order chi connectivity index (χ1) is 7.52. The van der Waals surface area contributed by atoms with Gasteiger partial charge in [0.2, 0.25) is 5.91 Å². The number of amides is 1. The van der Waals surface area contributed by atoms with Gasteiger partial charge in [-0.1, -0.05) is 13.8 Å². The maximum absolute atomic E-state index is 11.3. The molecule has 0 aromatic heterocycles. The first-order valence-electron chi connectivity index (χ1n) is 6.12. The van der Waals surface area contributed by atoms with Crippen molar-refractivity contribution >= 4 is 5.91 Å². The average Bonchev–Trinajstić information content (AvgIpc) is 2.19. The fourth-order valence-electron chi connectivity index (χ4n) is 1.17. The van der Waals surface area contributed by atoms with Crippen LogP contribution in [0, 0.1) is 5.92 Å². The molecule has 3 N–H and O–H groups in total. The van der Waals surface area contributed by atoms with E-state index in [4.69, 9.17) is 10.5 Å². The zero-order chi connectivity index (χ0) is 12.4. The molecular formula is C12H26N2O2. The number of carbonyl (C=O) groups is 1. The highest BCUT2D eigenvalue weighted by Gasteiger charge is 2.02. The van der Waals surface area contributed by atoms with E-state index in [0.717, 1.165) is 19.4 Å². The summed E-state index contributed by atoms with van der Waals surface area (Å²) in [6.45, 7) is 8.35. The second-order valence-corrected chi connectivity index (χ2v) is 4.69. The Hall–Kier alpha value is -0.610. The van der Waals surface area contributed by atoms with Crippen molar-refractivity contribution in [2.45, 2.75) is 46.1 Å². The van der Waals surface area contributed by atoms with Crippen LogP contribution in [-0.4, -0.2) is 31.7 Å². The Kier molecular flexibility index (Phi) is 9.24. The Bertz CT molecular complexity index is 182. The molecule has 0 aliphatic carbocycles. The van der Waals surface area contributed by atoms with Gasteiger partial charge in [-0.2, -0.15) is 0 Å². The van der Waals surface area contributed by atoms with E-state index < -0.39 is 0 Å². The zero-order valence-electron chi connectivity index (χ0n) is 10.8. The van der Waals surface area contributed by atoms with Crippen LogP contribution in [0.2, 0.25) is 0 Å². The van der Waals surface area contributed by atoms with Gasteiger partial charge >= 0.3 is 0 Å². The Balaban J connectivity index is 3.21. The van der Waals surface area contributed by atoms with Crippen molar-refractivity contribution in [3.8, 4) is 0 Å². The van der Waals surface area contributed by atoms with Gasteiger partial charge in [0.15, 0.2) is 0 Å². The molecule has 4 heteroatoms. The van der Waals surface area contributed by atoms with Crippen LogP contribution in [0.3, 0.4) is 0 Å². The third-order valence-electron chi connectivity index (χ3n) is 2.07. The van der Waals surface area contributed by atoms with E-state index in [1.54, 1.807) is 0 Å². The lowest BCUT2D eigenvalue weighted by atomic mass is 10.2. The van der Waals surface area contributed by atoms with Gasteiger partial charge in [-0.3, -0.25) is 4.79 Å². The van der Waals surface area contributed by atoms with Gasteiger partial charge in [-0.05, 0) is 25.7 Å². The number of hydrogen-bond donors (Lipinski definition) is 2. The molecule has 96 valence electrons. The van der Waals surface area contributed by atoms with E-state index >= 15 is 0 Å². The van der Waals surface area contributed by atoms with Gasteiger partial charge in [-0.15, -0.1) is 0 Å². The molecule has 0 fully saturated rings. The summed E-state index contributed by atoms with van der Waals surface area (Å²) in [7, 11) is 0. The van der Waals surface area contributed by atoms with Crippen LogP contribution >= 0.6 is 0 Å². The second kappa shape index (κ2) is 9.60. The summed E-state index contributed by atoms with van der Waals surface area (Å²) in [5, 5.41) is 2.85. The zero-order valence-corrected chi connectivity index (χ0v) is 10.8. The number of ether oxygens (including phenoxy) is 1. The maximum atomic E-state index is 11.3. The molecule has 0 heterocycles. The molecule has 0 aromatic carbocycles. The number of hydrogen-bond acceptors (Lipinski definition) is 3. The molecule has 16 heavy (non-hydrogen) atoms. The molecule has 0 saturated carbocycles. The van der Waals surface area contributed by atoms with Gasteiger partial charge in [0, 0.05) is 32.2 Å². The third-order valence-corrected chi connectivity index (χ3v) is 2.07. The van der Waals surface area contributed by atoms with Gasteiger partial charge < -0.3 is 15.8 Å². The standard InChI is InChI=1S/C12H26N2O2/c1-10(2)9-16-8-4-7-14-12(15)6-5-11(3)13/h10-11H,4-9,13H2,1-3H3,(H,14,15). The molecule has 0 radical (unpaired) electrons. The highest BCUT2D eigenvalue weighted by atomic mass is 16.5. The molecule has 0 saturated heterocycles. The van der Waals surface area contributed by atoms with Crippen LogP contribution in [0.15, 0.2) is 0 Å². The summed E-state index contributed by atoms with van der Waals surface area (Å²) in [5.41, 5.74) is 5.56. The summed E-state index contributed by atoms with van der Waals surface area (Å²) in [6.07, 6.45) is 2.14. The lowest BCUT2D eigenvalue weighted by Crippen LogP contribution is -2.27. The third kappa shape index (κ3) is 11.5. The molecule has 1 atom stereocenters. The normalized spacial score (nSPS) is 12.8. The minimum absolute atomic E-state index is 0.0844. The van der Waals surface area contributed by atoms with Crippen molar-refractivity contribution in [1.29, 1.82) is 0 Å². The quantitative estimate of drug-likeness (QED) is 0.587. The van der Waals surface area contributed by atoms with Crippen molar-refractivity contribution in [3.63, 3.8) is 0 Å². The Morgan fingerprint density at radius 3 is 2.62 bits per heavy atom. The van der Waals surface area contributed by atoms with Crippen molar-refractivity contribution in [2.24, 2.45) is 11.7 Å². The van der Waals surface area contributed by atoms with Gasteiger partial charge in [0.05, 0.1) is 0 Å². The number of carbonyl (C=O) groups excluding carboxylic acids is 1. The highest BCUT2D eigenvalue weighted by molar-refractivity contribution is 5.75. The lowest BCUT2D eigenvalue weighted by Gasteiger charge is -2.08. The topological polar surface area (TPSA) is 64.3 Å². The summed E-state index contributed by atoms with van der Waals surface area (Å²) in [6, 6.07) is 0.0973. The van der Waals surface area contributed by atoms with Crippen molar-refractivity contribution in [2.75, 3.05) is 19.8 Å². The van der Waals surface area contributed by atoms with Crippen molar-refractivity contribution in [3.05, 3.63) is 0 Å². The van der Waals surface area contributed by atoms with Gasteiger partial charge in [0.1, 0.15) is 0 Å². The van der Waals surface area contributed by atoms with Crippen LogP contribution in [0.4, 0.5) is 0 Å². The van der Waals surface area contributed by atoms with E-state index in [9.17, 15) is 4.79 Å². The molecule has 0 aromatic rings. The fraction of sp³-hybridized carbons (Fsp3) is 0.917. The minimum Gasteiger partial charge on any atom is -0.381 e. The first kappa shape index (κ1) is 15.4. The summed E-state index contributed by atoms with van der Waals surface area (Å²) in [4.78, 5) is 11.3. The number of nitrogens with two attached hydrogens (primary N) is 1. The van der Waals surface area contributed by atoms with Crippen LogP contribution in [0.1, 0.15) is 40.0 Å². The van der Waals surface area contributed by atoms with E-state index in [2.05, 4.69) is 19.2 Å². The van der Waals surface area contributed by atoms with Crippen LogP contribution in [-0.2, 0) is 9.53 Å².